The third kappa shape index (κ3) is 3.18. The van der Waals surface area contributed by atoms with Gasteiger partial charge in [0.15, 0.2) is 0 Å². The first-order valence-electron chi connectivity index (χ1n) is 7.59. The van der Waals surface area contributed by atoms with Crippen LogP contribution in [-0.4, -0.2) is 20.3 Å². The van der Waals surface area contributed by atoms with Gasteiger partial charge in [-0.15, -0.1) is 0 Å². The first-order chi connectivity index (χ1) is 11.0. The van der Waals surface area contributed by atoms with Crippen LogP contribution in [0.5, 0.6) is 0 Å². The minimum Gasteiger partial charge on any atom is -0.344 e. The molecule has 2 heterocycles. The van der Waals surface area contributed by atoms with E-state index in [2.05, 4.69) is 10.4 Å². The van der Waals surface area contributed by atoms with Gasteiger partial charge in [0.25, 0.3) is 5.91 Å². The third-order valence-corrected chi connectivity index (χ3v) is 3.88. The molecule has 1 amide bonds. The fourth-order valence-corrected chi connectivity index (χ4v) is 2.62. The van der Waals surface area contributed by atoms with Crippen molar-refractivity contribution in [3.8, 4) is 5.69 Å². The molecule has 5 heteroatoms. The monoisotopic (exact) mass is 308 g/mol. The number of benzene rings is 1. The zero-order chi connectivity index (χ0) is 16.4. The summed E-state index contributed by atoms with van der Waals surface area (Å²) in [4.78, 5) is 12.3. The second-order valence-electron chi connectivity index (χ2n) is 5.67. The fraction of sp³-hybridized carbons (Fsp3) is 0.222. The maximum atomic E-state index is 12.3. The van der Waals surface area contributed by atoms with Gasteiger partial charge in [-0.3, -0.25) is 9.48 Å². The molecule has 0 aliphatic rings. The van der Waals surface area contributed by atoms with Crippen molar-refractivity contribution in [2.75, 3.05) is 0 Å². The highest BCUT2D eigenvalue weighted by Gasteiger charge is 2.15. The number of hydrogen-bond acceptors (Lipinski definition) is 2. The van der Waals surface area contributed by atoms with Gasteiger partial charge in [0.2, 0.25) is 0 Å². The maximum absolute atomic E-state index is 12.3. The molecule has 118 valence electrons. The molecular formula is C18H20N4O. The third-order valence-electron chi connectivity index (χ3n) is 3.88. The summed E-state index contributed by atoms with van der Waals surface area (Å²) in [6.45, 7) is 3.85. The largest absolute Gasteiger partial charge is 0.344 e. The zero-order valence-corrected chi connectivity index (χ0v) is 13.5. The molecule has 3 aromatic rings. The van der Waals surface area contributed by atoms with Crippen molar-refractivity contribution >= 4 is 5.91 Å². The van der Waals surface area contributed by atoms with E-state index in [0.717, 1.165) is 16.9 Å². The molecule has 1 aromatic carbocycles. The van der Waals surface area contributed by atoms with Gasteiger partial charge < -0.3 is 9.88 Å². The van der Waals surface area contributed by atoms with Crippen molar-refractivity contribution in [2.24, 2.45) is 7.05 Å². The van der Waals surface area contributed by atoms with Crippen LogP contribution in [0, 0.1) is 6.92 Å². The second-order valence-corrected chi connectivity index (χ2v) is 5.67. The molecule has 1 atom stereocenters. The number of rotatable bonds is 4. The average molecular weight is 308 g/mol. The smallest absolute Gasteiger partial charge is 0.270 e. The Morgan fingerprint density at radius 2 is 1.83 bits per heavy atom. The van der Waals surface area contributed by atoms with Crippen LogP contribution in [0.2, 0.25) is 0 Å². The van der Waals surface area contributed by atoms with Crippen LogP contribution in [0.15, 0.2) is 54.9 Å². The van der Waals surface area contributed by atoms with Gasteiger partial charge in [-0.2, -0.15) is 5.10 Å². The number of carbonyl (C=O) groups is 1. The van der Waals surface area contributed by atoms with E-state index in [1.165, 1.54) is 0 Å². The van der Waals surface area contributed by atoms with Gasteiger partial charge in [-0.25, -0.2) is 0 Å². The zero-order valence-electron chi connectivity index (χ0n) is 13.5. The Bertz CT molecular complexity index is 800. The summed E-state index contributed by atoms with van der Waals surface area (Å²) in [5.41, 5.74) is 3.56. The van der Waals surface area contributed by atoms with E-state index in [0.29, 0.717) is 5.69 Å². The highest BCUT2D eigenvalue weighted by atomic mass is 16.2. The van der Waals surface area contributed by atoms with Crippen molar-refractivity contribution < 1.29 is 4.79 Å². The fourth-order valence-electron chi connectivity index (χ4n) is 2.62. The lowest BCUT2D eigenvalue weighted by atomic mass is 10.1. The van der Waals surface area contributed by atoms with Crippen molar-refractivity contribution in [1.29, 1.82) is 0 Å². The van der Waals surface area contributed by atoms with Crippen molar-refractivity contribution in [1.82, 2.24) is 19.7 Å². The predicted molar refractivity (Wildman–Crippen MR) is 89.6 cm³/mol. The summed E-state index contributed by atoms with van der Waals surface area (Å²) in [5, 5.41) is 7.22. The summed E-state index contributed by atoms with van der Waals surface area (Å²) in [7, 11) is 1.78. The molecule has 5 nitrogen and oxygen atoms in total. The number of hydrogen-bond donors (Lipinski definition) is 1. The van der Waals surface area contributed by atoms with Gasteiger partial charge >= 0.3 is 0 Å². The summed E-state index contributed by atoms with van der Waals surface area (Å²) in [5.74, 6) is -0.116. The van der Waals surface area contributed by atoms with Gasteiger partial charge in [0.1, 0.15) is 5.69 Å². The normalized spacial score (nSPS) is 12.1. The van der Waals surface area contributed by atoms with Gasteiger partial charge in [0, 0.05) is 25.1 Å². The van der Waals surface area contributed by atoms with E-state index in [1.807, 2.05) is 67.2 Å². The molecule has 3 rings (SSSR count). The molecule has 0 radical (unpaired) electrons. The van der Waals surface area contributed by atoms with E-state index in [-0.39, 0.29) is 11.9 Å². The van der Waals surface area contributed by atoms with Crippen LogP contribution in [0.25, 0.3) is 5.69 Å². The summed E-state index contributed by atoms with van der Waals surface area (Å²) < 4.78 is 3.65. The Hall–Kier alpha value is -2.82. The van der Waals surface area contributed by atoms with Crippen LogP contribution < -0.4 is 5.32 Å². The topological polar surface area (TPSA) is 51.9 Å². The number of amides is 1. The highest BCUT2D eigenvalue weighted by molar-refractivity contribution is 5.92. The van der Waals surface area contributed by atoms with Crippen LogP contribution in [0.3, 0.4) is 0 Å². The molecule has 23 heavy (non-hydrogen) atoms. The average Bonchev–Trinajstić information content (AvgIpc) is 3.17. The van der Waals surface area contributed by atoms with E-state index < -0.39 is 0 Å². The number of nitrogens with one attached hydrogen (secondary N) is 1. The number of nitrogens with zero attached hydrogens (tertiary/aromatic N) is 3. The lowest BCUT2D eigenvalue weighted by molar-refractivity contribution is 0.0930. The quantitative estimate of drug-likeness (QED) is 0.805. The predicted octanol–water partition coefficient (Wildman–Crippen LogP) is 3.01. The van der Waals surface area contributed by atoms with E-state index >= 15 is 0 Å². The standard InChI is InChI=1S/C18H20N4O/c1-13-12-17(21(3)20-13)18(23)19-14(2)15-6-8-16(9-7-15)22-10-4-5-11-22/h4-12,14H,1-3H3,(H,19,23). The van der Waals surface area contributed by atoms with Crippen LogP contribution in [-0.2, 0) is 7.05 Å². The summed E-state index contributed by atoms with van der Waals surface area (Å²) >= 11 is 0. The van der Waals surface area contributed by atoms with Gasteiger partial charge in [0.05, 0.1) is 11.7 Å². The Morgan fingerprint density at radius 1 is 1.17 bits per heavy atom. The Kier molecular flexibility index (Phi) is 4.02. The van der Waals surface area contributed by atoms with E-state index in [9.17, 15) is 4.79 Å². The second kappa shape index (κ2) is 6.12. The lowest BCUT2D eigenvalue weighted by Gasteiger charge is -2.15. The van der Waals surface area contributed by atoms with Crippen molar-refractivity contribution in [3.63, 3.8) is 0 Å². The molecule has 1 unspecified atom stereocenters. The van der Waals surface area contributed by atoms with E-state index in [4.69, 9.17) is 0 Å². The molecule has 0 saturated carbocycles. The molecular weight excluding hydrogens is 288 g/mol. The SMILES string of the molecule is Cc1cc(C(=O)NC(C)c2ccc(-n3cccc3)cc2)n(C)n1. The Balaban J connectivity index is 1.72. The molecule has 0 spiro atoms. The van der Waals surface area contributed by atoms with E-state index in [1.54, 1.807) is 17.8 Å². The lowest BCUT2D eigenvalue weighted by Crippen LogP contribution is -2.28. The minimum atomic E-state index is -0.116. The van der Waals surface area contributed by atoms with Gasteiger partial charge in [-0.1, -0.05) is 12.1 Å². The number of aryl methyl sites for hydroxylation is 2. The first-order valence-corrected chi connectivity index (χ1v) is 7.59. The van der Waals surface area contributed by atoms with Crippen LogP contribution in [0.4, 0.5) is 0 Å². The molecule has 0 fully saturated rings. The summed E-state index contributed by atoms with van der Waals surface area (Å²) in [6, 6.07) is 13.9. The molecule has 1 N–H and O–H groups in total. The Labute approximate surface area is 135 Å². The number of carbonyl (C=O) groups excluding carboxylic acids is 1. The van der Waals surface area contributed by atoms with Crippen LogP contribution >= 0.6 is 0 Å². The molecule has 2 aromatic heterocycles. The molecule has 0 aliphatic heterocycles. The van der Waals surface area contributed by atoms with Crippen LogP contribution in [0.1, 0.15) is 34.7 Å². The summed E-state index contributed by atoms with van der Waals surface area (Å²) in [6.07, 6.45) is 4.01. The van der Waals surface area contributed by atoms with Gasteiger partial charge in [-0.05, 0) is 49.7 Å². The maximum Gasteiger partial charge on any atom is 0.270 e. The molecule has 0 saturated heterocycles. The molecule has 0 aliphatic carbocycles. The highest BCUT2D eigenvalue weighted by Crippen LogP contribution is 2.16. The first kappa shape index (κ1) is 15.1. The van der Waals surface area contributed by atoms with Crippen molar-refractivity contribution in [2.45, 2.75) is 19.9 Å². The Morgan fingerprint density at radius 3 is 2.39 bits per heavy atom. The minimum absolute atomic E-state index is 0.0728. The number of aromatic nitrogens is 3. The molecule has 0 bridgehead atoms. The van der Waals surface area contributed by atoms with Crippen molar-refractivity contribution in [3.05, 3.63) is 71.8 Å².